The monoisotopic (exact) mass is 284 g/mol. The van der Waals surface area contributed by atoms with E-state index in [9.17, 15) is 4.79 Å². The van der Waals surface area contributed by atoms with Gasteiger partial charge in [0.25, 0.3) is 0 Å². The fourth-order valence-corrected chi connectivity index (χ4v) is 7.32. The minimum Gasteiger partial charge on any atom is -0.299 e. The summed E-state index contributed by atoms with van der Waals surface area (Å²) in [4.78, 5) is 12.7. The largest absolute Gasteiger partial charge is 0.299 e. The highest BCUT2D eigenvalue weighted by Gasteiger charge is 2.51. The van der Waals surface area contributed by atoms with Crippen LogP contribution in [0.2, 0.25) is 0 Å². The summed E-state index contributed by atoms with van der Waals surface area (Å²) >= 11 is 0. The second-order valence-electron chi connectivity index (χ2n) is 9.27. The first-order chi connectivity index (χ1) is 10.2. The Labute approximate surface area is 128 Å². The average Bonchev–Trinajstić information content (AvgIpc) is 3.06. The highest BCUT2D eigenvalue weighted by Crippen LogP contribution is 2.61. The van der Waals surface area contributed by atoms with Crippen LogP contribution in [0, 0.1) is 40.9 Å². The molecule has 114 valence electrons. The lowest BCUT2D eigenvalue weighted by Crippen LogP contribution is -2.46. The van der Waals surface area contributed by atoms with Crippen molar-refractivity contribution in [3.05, 3.63) is 12.2 Å². The summed E-state index contributed by atoms with van der Waals surface area (Å²) in [5, 5.41) is 0. The smallest absolute Gasteiger partial charge is 0.136 e. The number of carbonyl (C=O) groups is 1. The normalized spacial score (nSPS) is 52.8. The Balaban J connectivity index is 1.24. The molecule has 6 bridgehead atoms. The maximum Gasteiger partial charge on any atom is 0.136 e. The molecule has 5 fully saturated rings. The van der Waals surface area contributed by atoms with E-state index in [0.29, 0.717) is 23.0 Å². The second kappa shape index (κ2) is 4.46. The van der Waals surface area contributed by atoms with Crippen molar-refractivity contribution in [2.75, 3.05) is 0 Å². The topological polar surface area (TPSA) is 17.1 Å². The Bertz CT molecular complexity index is 453. The van der Waals surface area contributed by atoms with Gasteiger partial charge in [-0.2, -0.15) is 0 Å². The summed E-state index contributed by atoms with van der Waals surface area (Å²) in [7, 11) is 0. The quantitative estimate of drug-likeness (QED) is 0.680. The van der Waals surface area contributed by atoms with Crippen LogP contribution >= 0.6 is 0 Å². The van der Waals surface area contributed by atoms with Crippen molar-refractivity contribution in [2.45, 2.75) is 64.2 Å². The molecule has 0 aromatic heterocycles. The third-order valence-electron chi connectivity index (χ3n) is 7.76. The van der Waals surface area contributed by atoms with Crippen LogP contribution in [0.5, 0.6) is 0 Å². The van der Waals surface area contributed by atoms with Gasteiger partial charge in [-0.05, 0) is 92.8 Å². The van der Waals surface area contributed by atoms with Gasteiger partial charge in [0.15, 0.2) is 0 Å². The summed E-state index contributed by atoms with van der Waals surface area (Å²) in [6.07, 6.45) is 18.2. The SMILES string of the molecule is O=C(CCC12CC3CC(CC(C3)C1)C2)C1CC2C=CC1C2. The predicted molar refractivity (Wildman–Crippen MR) is 83.7 cm³/mol. The molecule has 6 aliphatic carbocycles. The molecule has 1 nitrogen and oxygen atoms in total. The Kier molecular flexibility index (Phi) is 2.74. The summed E-state index contributed by atoms with van der Waals surface area (Å²) in [6, 6.07) is 0. The highest BCUT2D eigenvalue weighted by molar-refractivity contribution is 5.82. The van der Waals surface area contributed by atoms with Crippen LogP contribution in [-0.2, 0) is 4.79 Å². The van der Waals surface area contributed by atoms with Gasteiger partial charge in [-0.15, -0.1) is 0 Å². The minimum absolute atomic E-state index is 0.397. The lowest BCUT2D eigenvalue weighted by molar-refractivity contribution is -0.125. The zero-order valence-electron chi connectivity index (χ0n) is 13.1. The standard InChI is InChI=1S/C20H28O/c21-19(18-9-13-1-2-17(18)8-13)3-4-20-10-14-5-15(11-20)7-16(6-14)12-20/h1-2,13-18H,3-12H2. The second-order valence-corrected chi connectivity index (χ2v) is 9.27. The Morgan fingerprint density at radius 2 is 1.57 bits per heavy atom. The zero-order valence-corrected chi connectivity index (χ0v) is 13.1. The Morgan fingerprint density at radius 3 is 2.10 bits per heavy atom. The molecule has 3 atom stereocenters. The Hall–Kier alpha value is -0.590. The number of Topliss-reactive ketones (excluding diaryl/α,β-unsaturated/α-hetero) is 1. The molecule has 0 spiro atoms. The van der Waals surface area contributed by atoms with E-state index in [2.05, 4.69) is 12.2 Å². The molecule has 0 N–H and O–H groups in total. The van der Waals surface area contributed by atoms with Gasteiger partial charge in [-0.25, -0.2) is 0 Å². The van der Waals surface area contributed by atoms with Crippen molar-refractivity contribution in [1.82, 2.24) is 0 Å². The van der Waals surface area contributed by atoms with E-state index >= 15 is 0 Å². The van der Waals surface area contributed by atoms with E-state index in [-0.39, 0.29) is 0 Å². The van der Waals surface area contributed by atoms with Crippen molar-refractivity contribution >= 4 is 5.78 Å². The third-order valence-corrected chi connectivity index (χ3v) is 7.76. The van der Waals surface area contributed by atoms with E-state index in [4.69, 9.17) is 0 Å². The Morgan fingerprint density at radius 1 is 0.905 bits per heavy atom. The van der Waals surface area contributed by atoms with Crippen LogP contribution in [0.1, 0.15) is 64.2 Å². The molecule has 0 radical (unpaired) electrons. The average molecular weight is 284 g/mol. The van der Waals surface area contributed by atoms with Crippen LogP contribution < -0.4 is 0 Å². The van der Waals surface area contributed by atoms with Gasteiger partial charge < -0.3 is 0 Å². The van der Waals surface area contributed by atoms with Gasteiger partial charge in [-0.1, -0.05) is 12.2 Å². The van der Waals surface area contributed by atoms with Crippen molar-refractivity contribution < 1.29 is 4.79 Å². The molecule has 0 aromatic rings. The lowest BCUT2D eigenvalue weighted by atomic mass is 9.48. The maximum absolute atomic E-state index is 12.7. The molecule has 1 heteroatoms. The lowest BCUT2D eigenvalue weighted by Gasteiger charge is -2.57. The molecule has 6 rings (SSSR count). The van der Waals surface area contributed by atoms with Crippen molar-refractivity contribution in [1.29, 1.82) is 0 Å². The van der Waals surface area contributed by atoms with Crippen molar-refractivity contribution in [3.8, 4) is 0 Å². The molecular formula is C20H28O. The molecule has 0 aliphatic heterocycles. The van der Waals surface area contributed by atoms with Gasteiger partial charge >= 0.3 is 0 Å². The molecule has 0 heterocycles. The number of fused-ring (bicyclic) bond motifs is 2. The maximum atomic E-state index is 12.7. The molecule has 0 aromatic carbocycles. The molecule has 3 unspecified atom stereocenters. The fraction of sp³-hybridized carbons (Fsp3) is 0.850. The van der Waals surface area contributed by atoms with E-state index in [1.165, 1.54) is 57.8 Å². The van der Waals surface area contributed by atoms with Gasteiger partial charge in [0.2, 0.25) is 0 Å². The molecule has 6 aliphatic rings. The minimum atomic E-state index is 0.397. The molecular weight excluding hydrogens is 256 g/mol. The highest BCUT2D eigenvalue weighted by atomic mass is 16.1. The summed E-state index contributed by atoms with van der Waals surface area (Å²) in [6.45, 7) is 0. The van der Waals surface area contributed by atoms with Crippen LogP contribution in [0.15, 0.2) is 12.2 Å². The number of carbonyl (C=O) groups excluding carboxylic acids is 1. The molecule has 5 saturated carbocycles. The van der Waals surface area contributed by atoms with E-state index < -0.39 is 0 Å². The van der Waals surface area contributed by atoms with E-state index in [0.717, 1.165) is 30.1 Å². The van der Waals surface area contributed by atoms with Crippen LogP contribution in [0.25, 0.3) is 0 Å². The van der Waals surface area contributed by atoms with Gasteiger partial charge in [0.1, 0.15) is 5.78 Å². The number of rotatable bonds is 4. The van der Waals surface area contributed by atoms with Crippen molar-refractivity contribution in [2.24, 2.45) is 40.9 Å². The van der Waals surface area contributed by atoms with E-state index in [1.54, 1.807) is 0 Å². The molecule has 0 saturated heterocycles. The van der Waals surface area contributed by atoms with E-state index in [1.807, 2.05) is 0 Å². The fourth-order valence-electron chi connectivity index (χ4n) is 7.32. The van der Waals surface area contributed by atoms with Crippen LogP contribution in [0.3, 0.4) is 0 Å². The first-order valence-electron chi connectivity index (χ1n) is 9.40. The van der Waals surface area contributed by atoms with Crippen molar-refractivity contribution in [3.63, 3.8) is 0 Å². The molecule has 0 amide bonds. The number of hydrogen-bond donors (Lipinski definition) is 0. The first kappa shape index (κ1) is 12.9. The third kappa shape index (κ3) is 2.06. The number of ketones is 1. The van der Waals surface area contributed by atoms with Crippen LogP contribution in [0.4, 0.5) is 0 Å². The summed E-state index contributed by atoms with van der Waals surface area (Å²) in [5.41, 5.74) is 0.595. The molecule has 21 heavy (non-hydrogen) atoms. The summed E-state index contributed by atoms with van der Waals surface area (Å²) < 4.78 is 0. The number of allylic oxidation sites excluding steroid dienone is 2. The van der Waals surface area contributed by atoms with Gasteiger partial charge in [0.05, 0.1) is 0 Å². The van der Waals surface area contributed by atoms with Crippen LogP contribution in [-0.4, -0.2) is 5.78 Å². The number of hydrogen-bond acceptors (Lipinski definition) is 1. The van der Waals surface area contributed by atoms with Gasteiger partial charge in [0, 0.05) is 12.3 Å². The zero-order chi connectivity index (χ0) is 14.0. The summed E-state index contributed by atoms with van der Waals surface area (Å²) in [5.74, 6) is 5.43. The first-order valence-corrected chi connectivity index (χ1v) is 9.40. The van der Waals surface area contributed by atoms with Gasteiger partial charge in [-0.3, -0.25) is 4.79 Å². The predicted octanol–water partition coefficient (Wildman–Crippen LogP) is 4.76.